The predicted molar refractivity (Wildman–Crippen MR) is 149 cm³/mol. The average Bonchev–Trinajstić information content (AvgIpc) is 2.90. The molecule has 1 saturated carbocycles. The van der Waals surface area contributed by atoms with Gasteiger partial charge in [0.05, 0.1) is 30.6 Å². The van der Waals surface area contributed by atoms with E-state index in [-0.39, 0.29) is 6.10 Å². The highest BCUT2D eigenvalue weighted by molar-refractivity contribution is 6.31. The molecule has 192 valence electrons. The van der Waals surface area contributed by atoms with Crippen LogP contribution in [0.25, 0.3) is 10.9 Å². The Balaban J connectivity index is 1.25. The van der Waals surface area contributed by atoms with Crippen LogP contribution < -0.4 is 20.1 Å². The Morgan fingerprint density at radius 1 is 0.892 bits per heavy atom. The van der Waals surface area contributed by atoms with E-state index in [9.17, 15) is 0 Å². The van der Waals surface area contributed by atoms with E-state index >= 15 is 0 Å². The Hall–Kier alpha value is -3.62. The molecule has 0 spiro atoms. The first kappa shape index (κ1) is 25.0. The summed E-state index contributed by atoms with van der Waals surface area (Å²) >= 11 is 6.13. The van der Waals surface area contributed by atoms with Crippen LogP contribution in [0.15, 0.2) is 60.9 Å². The Kier molecular flexibility index (Phi) is 7.58. The lowest BCUT2D eigenvalue weighted by Gasteiger charge is -2.33. The second kappa shape index (κ2) is 11.2. The fourth-order valence-corrected chi connectivity index (χ4v) is 4.82. The van der Waals surface area contributed by atoms with Gasteiger partial charge in [-0.2, -0.15) is 4.98 Å². The zero-order valence-corrected chi connectivity index (χ0v) is 22.0. The van der Waals surface area contributed by atoms with Gasteiger partial charge in [-0.05, 0) is 82.2 Å². The summed E-state index contributed by atoms with van der Waals surface area (Å²) in [6.07, 6.45) is 8.03. The first-order valence-corrected chi connectivity index (χ1v) is 12.8. The summed E-state index contributed by atoms with van der Waals surface area (Å²) in [5.41, 5.74) is 2.49. The first-order valence-electron chi connectivity index (χ1n) is 12.4. The van der Waals surface area contributed by atoms with Crippen molar-refractivity contribution in [3.8, 4) is 11.5 Å². The number of halogens is 1. The summed E-state index contributed by atoms with van der Waals surface area (Å²) < 4.78 is 11.9. The number of hydrogen-bond acceptors (Lipinski definition) is 8. The van der Waals surface area contributed by atoms with Crippen molar-refractivity contribution >= 4 is 45.6 Å². The first-order chi connectivity index (χ1) is 18.0. The van der Waals surface area contributed by atoms with Crippen LogP contribution in [0, 0.1) is 0 Å². The van der Waals surface area contributed by atoms with Crippen molar-refractivity contribution in [2.75, 3.05) is 31.8 Å². The molecule has 4 aromatic rings. The molecule has 5 rings (SSSR count). The van der Waals surface area contributed by atoms with Gasteiger partial charge in [0.25, 0.3) is 0 Å². The molecular weight excluding hydrogens is 488 g/mol. The van der Waals surface area contributed by atoms with Crippen LogP contribution in [0.4, 0.5) is 23.1 Å². The molecule has 0 aliphatic heterocycles. The summed E-state index contributed by atoms with van der Waals surface area (Å²) in [5.74, 6) is 2.52. The maximum Gasteiger partial charge on any atom is 0.229 e. The summed E-state index contributed by atoms with van der Waals surface area (Å²) in [5, 5.41) is 8.16. The SMILES string of the molecule is COc1cc(Nc2nccc(Nc3cnc4ccc(Cl)cc4c3)n2)ccc1OC1CCC(N(C)C)CC1. The molecule has 8 nitrogen and oxygen atoms in total. The lowest BCUT2D eigenvalue weighted by molar-refractivity contribution is 0.108. The Morgan fingerprint density at radius 2 is 1.73 bits per heavy atom. The molecule has 2 aromatic heterocycles. The van der Waals surface area contributed by atoms with Crippen LogP contribution in [-0.4, -0.2) is 53.2 Å². The van der Waals surface area contributed by atoms with Crippen molar-refractivity contribution in [3.63, 3.8) is 0 Å². The fourth-order valence-electron chi connectivity index (χ4n) is 4.64. The molecule has 9 heteroatoms. The Morgan fingerprint density at radius 3 is 2.51 bits per heavy atom. The molecule has 0 atom stereocenters. The molecule has 0 saturated heterocycles. The number of nitrogens with one attached hydrogen (secondary N) is 2. The second-order valence-corrected chi connectivity index (χ2v) is 9.89. The van der Waals surface area contributed by atoms with Gasteiger partial charge in [-0.25, -0.2) is 4.98 Å². The molecule has 0 bridgehead atoms. The van der Waals surface area contributed by atoms with Crippen LogP contribution >= 0.6 is 11.6 Å². The average molecular weight is 519 g/mol. The number of pyridine rings is 1. The lowest BCUT2D eigenvalue weighted by atomic mass is 9.92. The number of hydrogen-bond donors (Lipinski definition) is 2. The summed E-state index contributed by atoms with van der Waals surface area (Å²) in [6, 6.07) is 15.8. The second-order valence-electron chi connectivity index (χ2n) is 9.45. The van der Waals surface area contributed by atoms with E-state index in [0.717, 1.165) is 53.7 Å². The van der Waals surface area contributed by atoms with Gasteiger partial charge in [0, 0.05) is 34.4 Å². The van der Waals surface area contributed by atoms with Crippen LogP contribution in [0.1, 0.15) is 25.7 Å². The van der Waals surface area contributed by atoms with E-state index < -0.39 is 0 Å². The minimum absolute atomic E-state index is 0.204. The third-order valence-electron chi connectivity index (χ3n) is 6.66. The molecule has 2 heterocycles. The van der Waals surface area contributed by atoms with E-state index in [1.54, 1.807) is 25.6 Å². The van der Waals surface area contributed by atoms with Gasteiger partial charge in [0.15, 0.2) is 11.5 Å². The van der Waals surface area contributed by atoms with Crippen LogP contribution in [0.5, 0.6) is 11.5 Å². The molecule has 0 radical (unpaired) electrons. The van der Waals surface area contributed by atoms with Crippen molar-refractivity contribution in [3.05, 3.63) is 65.9 Å². The molecule has 1 aliphatic rings. The topological polar surface area (TPSA) is 84.4 Å². The maximum atomic E-state index is 6.31. The number of ether oxygens (including phenoxy) is 2. The maximum absolute atomic E-state index is 6.31. The molecule has 2 N–H and O–H groups in total. The number of methoxy groups -OCH3 is 1. The van der Waals surface area contributed by atoms with Crippen LogP contribution in [-0.2, 0) is 0 Å². The van der Waals surface area contributed by atoms with E-state index in [4.69, 9.17) is 21.1 Å². The van der Waals surface area contributed by atoms with Crippen molar-refractivity contribution < 1.29 is 9.47 Å². The highest BCUT2D eigenvalue weighted by atomic mass is 35.5. The largest absolute Gasteiger partial charge is 0.493 e. The van der Waals surface area contributed by atoms with Crippen molar-refractivity contribution in [1.29, 1.82) is 0 Å². The van der Waals surface area contributed by atoms with Gasteiger partial charge < -0.3 is 25.0 Å². The van der Waals surface area contributed by atoms with Gasteiger partial charge in [0.2, 0.25) is 5.95 Å². The van der Waals surface area contributed by atoms with E-state index in [1.165, 1.54) is 0 Å². The lowest BCUT2D eigenvalue weighted by Crippen LogP contribution is -2.35. The number of nitrogens with zero attached hydrogens (tertiary/aromatic N) is 4. The van der Waals surface area contributed by atoms with E-state index in [1.807, 2.05) is 42.5 Å². The monoisotopic (exact) mass is 518 g/mol. The standard InChI is InChI=1S/C28H31ClN6O2/c1-35(2)22-6-8-23(9-7-22)37-25-11-5-20(16-26(25)36-3)33-28-30-13-12-27(34-28)32-21-15-18-14-19(29)4-10-24(18)31-17-21/h4-5,10-17,22-23H,6-9H2,1-3H3,(H2,30,32,33,34). The van der Waals surface area contributed by atoms with E-state index in [2.05, 4.69) is 44.6 Å². The van der Waals surface area contributed by atoms with Crippen LogP contribution in [0.3, 0.4) is 0 Å². The van der Waals surface area contributed by atoms with Gasteiger partial charge in [0.1, 0.15) is 5.82 Å². The molecule has 0 unspecified atom stereocenters. The third-order valence-corrected chi connectivity index (χ3v) is 6.89. The van der Waals surface area contributed by atoms with Crippen LogP contribution in [0.2, 0.25) is 5.02 Å². The Labute approximate surface area is 222 Å². The molecule has 1 aliphatic carbocycles. The quantitative estimate of drug-likeness (QED) is 0.276. The number of aromatic nitrogens is 3. The van der Waals surface area contributed by atoms with Gasteiger partial charge in [-0.1, -0.05) is 11.6 Å². The highest BCUT2D eigenvalue weighted by Crippen LogP contribution is 2.34. The van der Waals surface area contributed by atoms with E-state index in [0.29, 0.717) is 28.6 Å². The third kappa shape index (κ3) is 6.21. The molecule has 1 fully saturated rings. The minimum atomic E-state index is 0.204. The number of benzene rings is 2. The number of fused-ring (bicyclic) bond motifs is 1. The molecule has 0 amide bonds. The number of rotatable bonds is 8. The van der Waals surface area contributed by atoms with Crippen molar-refractivity contribution in [2.45, 2.75) is 37.8 Å². The minimum Gasteiger partial charge on any atom is -0.493 e. The summed E-state index contributed by atoms with van der Waals surface area (Å²) in [4.78, 5) is 15.7. The number of anilines is 4. The van der Waals surface area contributed by atoms with Gasteiger partial charge >= 0.3 is 0 Å². The summed E-state index contributed by atoms with van der Waals surface area (Å²) in [6.45, 7) is 0. The fraction of sp³-hybridized carbons (Fsp3) is 0.321. The van der Waals surface area contributed by atoms with Gasteiger partial charge in [-0.3, -0.25) is 4.98 Å². The van der Waals surface area contributed by atoms with Crippen molar-refractivity contribution in [2.24, 2.45) is 0 Å². The molecule has 37 heavy (non-hydrogen) atoms. The highest BCUT2D eigenvalue weighted by Gasteiger charge is 2.24. The Bertz CT molecular complexity index is 1370. The summed E-state index contributed by atoms with van der Waals surface area (Å²) in [7, 11) is 5.95. The zero-order valence-electron chi connectivity index (χ0n) is 21.2. The van der Waals surface area contributed by atoms with Gasteiger partial charge in [-0.15, -0.1) is 0 Å². The predicted octanol–water partition coefficient (Wildman–Crippen LogP) is 6.43. The smallest absolute Gasteiger partial charge is 0.229 e. The molecule has 2 aromatic carbocycles. The van der Waals surface area contributed by atoms with Crippen molar-refractivity contribution in [1.82, 2.24) is 19.9 Å². The zero-order chi connectivity index (χ0) is 25.8. The molecular formula is C28H31ClN6O2. The normalized spacial score (nSPS) is 17.5.